The maximum atomic E-state index is 12.6. The highest BCUT2D eigenvalue weighted by atomic mass is 16.6. The molecule has 0 spiro atoms. The van der Waals surface area contributed by atoms with Crippen LogP contribution in [-0.2, 0) is 21.7 Å². The molecule has 1 heterocycles. The van der Waals surface area contributed by atoms with E-state index >= 15 is 0 Å². The van der Waals surface area contributed by atoms with E-state index < -0.39 is 23.7 Å². The van der Waals surface area contributed by atoms with E-state index in [0.717, 1.165) is 21.6 Å². The molecule has 2 N–H and O–H groups in total. The molecule has 1 saturated heterocycles. The number of carboxylic acids is 1. The highest BCUT2D eigenvalue weighted by Gasteiger charge is 2.49. The van der Waals surface area contributed by atoms with E-state index in [4.69, 9.17) is 4.74 Å². The molecule has 1 aliphatic heterocycles. The van der Waals surface area contributed by atoms with Gasteiger partial charge in [0.05, 0.1) is 6.54 Å². The predicted octanol–water partition coefficient (Wildman–Crippen LogP) is 4.04. The van der Waals surface area contributed by atoms with Gasteiger partial charge >= 0.3 is 12.1 Å². The fraction of sp³-hybridized carbons (Fsp3) is 0.200. The molecule has 1 amide bonds. The molecule has 3 aromatic rings. The Kier molecular flexibility index (Phi) is 5.73. The van der Waals surface area contributed by atoms with Gasteiger partial charge in [-0.3, -0.25) is 4.90 Å². The van der Waals surface area contributed by atoms with Crippen LogP contribution >= 0.6 is 0 Å². The van der Waals surface area contributed by atoms with E-state index in [1.165, 1.54) is 0 Å². The zero-order chi connectivity index (χ0) is 21.8. The van der Waals surface area contributed by atoms with Gasteiger partial charge in [0.2, 0.25) is 0 Å². The van der Waals surface area contributed by atoms with Crippen LogP contribution < -0.4 is 0 Å². The second kappa shape index (κ2) is 8.62. The van der Waals surface area contributed by atoms with Crippen molar-refractivity contribution in [1.29, 1.82) is 0 Å². The second-order valence-electron chi connectivity index (χ2n) is 7.70. The van der Waals surface area contributed by atoms with Gasteiger partial charge < -0.3 is 14.9 Å². The van der Waals surface area contributed by atoms with Crippen LogP contribution in [0.25, 0.3) is 11.1 Å². The molecule has 31 heavy (non-hydrogen) atoms. The van der Waals surface area contributed by atoms with E-state index in [1.807, 2.05) is 72.8 Å². The standard InChI is InChI=1S/C25H23NO5/c27-23(28)22-15-25(30,17-26(22)24(29)31-16-18-7-3-1-4-8-18)21-13-11-20(12-14-21)19-9-5-2-6-10-19/h1-14,22,30H,15-17H2,(H,27,28). The molecule has 0 aromatic heterocycles. The Morgan fingerprint density at radius 2 is 1.48 bits per heavy atom. The summed E-state index contributed by atoms with van der Waals surface area (Å²) in [5, 5.41) is 20.9. The summed E-state index contributed by atoms with van der Waals surface area (Å²) < 4.78 is 5.31. The molecule has 3 aromatic carbocycles. The van der Waals surface area contributed by atoms with Gasteiger partial charge in [0.15, 0.2) is 0 Å². The number of carbonyl (C=O) groups excluding carboxylic acids is 1. The van der Waals surface area contributed by atoms with E-state index in [0.29, 0.717) is 5.56 Å². The average molecular weight is 417 g/mol. The van der Waals surface area contributed by atoms with Crippen molar-refractivity contribution in [3.8, 4) is 11.1 Å². The molecule has 158 valence electrons. The van der Waals surface area contributed by atoms with Crippen LogP contribution in [0.5, 0.6) is 0 Å². The van der Waals surface area contributed by atoms with E-state index in [1.54, 1.807) is 12.1 Å². The van der Waals surface area contributed by atoms with Crippen molar-refractivity contribution in [3.05, 3.63) is 96.1 Å². The fourth-order valence-corrected chi connectivity index (χ4v) is 3.91. The summed E-state index contributed by atoms with van der Waals surface area (Å²) in [6.45, 7) is -0.116. The molecule has 2 atom stereocenters. The van der Waals surface area contributed by atoms with Gasteiger partial charge in [0.1, 0.15) is 18.2 Å². The lowest BCUT2D eigenvalue weighted by molar-refractivity contribution is -0.141. The summed E-state index contributed by atoms with van der Waals surface area (Å²) in [7, 11) is 0. The summed E-state index contributed by atoms with van der Waals surface area (Å²) in [6, 6.07) is 25.1. The first kappa shape index (κ1) is 20.6. The van der Waals surface area contributed by atoms with Crippen LogP contribution in [0.1, 0.15) is 17.5 Å². The van der Waals surface area contributed by atoms with Crippen molar-refractivity contribution in [3.63, 3.8) is 0 Å². The molecule has 6 heteroatoms. The van der Waals surface area contributed by atoms with Crippen molar-refractivity contribution in [2.75, 3.05) is 6.54 Å². The maximum absolute atomic E-state index is 12.6. The summed E-state index contributed by atoms with van der Waals surface area (Å²) in [5.74, 6) is -1.17. The summed E-state index contributed by atoms with van der Waals surface area (Å²) in [6.07, 6.45) is -0.860. The minimum absolute atomic E-state index is 0.0344. The quantitative estimate of drug-likeness (QED) is 0.654. The van der Waals surface area contributed by atoms with Gasteiger partial charge in [-0.2, -0.15) is 0 Å². The minimum Gasteiger partial charge on any atom is -0.480 e. The van der Waals surface area contributed by atoms with E-state index in [2.05, 4.69) is 0 Å². The van der Waals surface area contributed by atoms with E-state index in [-0.39, 0.29) is 19.6 Å². The van der Waals surface area contributed by atoms with Gasteiger partial charge in [-0.25, -0.2) is 9.59 Å². The summed E-state index contributed by atoms with van der Waals surface area (Å²) >= 11 is 0. The fourth-order valence-electron chi connectivity index (χ4n) is 3.91. The number of rotatable bonds is 5. The van der Waals surface area contributed by atoms with Crippen LogP contribution in [0.2, 0.25) is 0 Å². The number of benzene rings is 3. The zero-order valence-electron chi connectivity index (χ0n) is 16.8. The number of hydrogen-bond acceptors (Lipinski definition) is 4. The number of nitrogens with zero attached hydrogens (tertiary/aromatic N) is 1. The number of carboxylic acid groups (broad SMARTS) is 1. The maximum Gasteiger partial charge on any atom is 0.410 e. The molecule has 0 aliphatic carbocycles. The number of hydrogen-bond donors (Lipinski definition) is 2. The van der Waals surface area contributed by atoms with Crippen LogP contribution in [0.15, 0.2) is 84.9 Å². The van der Waals surface area contributed by atoms with Gasteiger partial charge in [-0.05, 0) is 22.3 Å². The number of amides is 1. The van der Waals surface area contributed by atoms with Crippen LogP contribution in [0, 0.1) is 0 Å². The molecule has 4 rings (SSSR count). The molecule has 1 fully saturated rings. The Morgan fingerprint density at radius 1 is 0.903 bits per heavy atom. The predicted molar refractivity (Wildman–Crippen MR) is 115 cm³/mol. The van der Waals surface area contributed by atoms with Crippen molar-refractivity contribution in [1.82, 2.24) is 4.90 Å². The lowest BCUT2D eigenvalue weighted by Crippen LogP contribution is -2.41. The third-order valence-electron chi connectivity index (χ3n) is 5.59. The first-order chi connectivity index (χ1) is 15.0. The largest absolute Gasteiger partial charge is 0.480 e. The average Bonchev–Trinajstić information content (AvgIpc) is 3.18. The Balaban J connectivity index is 1.51. The SMILES string of the molecule is O=C(O)C1CC(O)(c2ccc(-c3ccccc3)cc2)CN1C(=O)OCc1ccccc1. The zero-order valence-corrected chi connectivity index (χ0v) is 16.8. The smallest absolute Gasteiger partial charge is 0.410 e. The third-order valence-corrected chi connectivity index (χ3v) is 5.59. The molecule has 0 bridgehead atoms. The first-order valence-corrected chi connectivity index (χ1v) is 10.0. The molecule has 1 aliphatic rings. The summed E-state index contributed by atoms with van der Waals surface area (Å²) in [5.41, 5.74) is 1.93. The molecular weight excluding hydrogens is 394 g/mol. The normalized spacial score (nSPS) is 20.4. The lowest BCUT2D eigenvalue weighted by atomic mass is 9.90. The lowest BCUT2D eigenvalue weighted by Gasteiger charge is -2.24. The number of likely N-dealkylation sites (tertiary alicyclic amines) is 1. The Morgan fingerprint density at radius 3 is 2.10 bits per heavy atom. The van der Waals surface area contributed by atoms with Gasteiger partial charge in [-0.15, -0.1) is 0 Å². The van der Waals surface area contributed by atoms with Gasteiger partial charge in [0, 0.05) is 6.42 Å². The molecule has 2 unspecified atom stereocenters. The van der Waals surface area contributed by atoms with Crippen molar-refractivity contribution < 1.29 is 24.5 Å². The van der Waals surface area contributed by atoms with E-state index in [9.17, 15) is 19.8 Å². The highest BCUT2D eigenvalue weighted by Crippen LogP contribution is 2.37. The molecule has 6 nitrogen and oxygen atoms in total. The van der Waals surface area contributed by atoms with Crippen molar-refractivity contribution >= 4 is 12.1 Å². The summed E-state index contributed by atoms with van der Waals surface area (Å²) in [4.78, 5) is 25.5. The monoisotopic (exact) mass is 417 g/mol. The number of β-amino-alcohol motifs (C(OH)–C–C–N with tert-alkyl or cyclic N) is 1. The first-order valence-electron chi connectivity index (χ1n) is 10.0. The number of aliphatic carboxylic acids is 1. The number of aliphatic hydroxyl groups is 1. The minimum atomic E-state index is -1.47. The van der Waals surface area contributed by atoms with Crippen LogP contribution in [-0.4, -0.2) is 39.8 Å². The molecule has 0 saturated carbocycles. The topological polar surface area (TPSA) is 87.1 Å². The highest BCUT2D eigenvalue weighted by molar-refractivity contribution is 5.81. The van der Waals surface area contributed by atoms with Crippen LogP contribution in [0.4, 0.5) is 4.79 Å². The van der Waals surface area contributed by atoms with Gasteiger partial charge in [-0.1, -0.05) is 84.9 Å². The Labute approximate surface area is 180 Å². The third kappa shape index (κ3) is 4.44. The Hall–Kier alpha value is -3.64. The van der Waals surface area contributed by atoms with Crippen molar-refractivity contribution in [2.45, 2.75) is 24.7 Å². The molecule has 0 radical (unpaired) electrons. The van der Waals surface area contributed by atoms with Crippen molar-refractivity contribution in [2.24, 2.45) is 0 Å². The van der Waals surface area contributed by atoms with Gasteiger partial charge in [0.25, 0.3) is 0 Å². The molecular formula is C25H23NO5. The Bertz CT molecular complexity index is 1050. The second-order valence-corrected chi connectivity index (χ2v) is 7.70. The van der Waals surface area contributed by atoms with Crippen LogP contribution in [0.3, 0.4) is 0 Å². The number of ether oxygens (including phenoxy) is 1. The number of carbonyl (C=O) groups is 2.